The van der Waals surface area contributed by atoms with E-state index >= 15 is 0 Å². The van der Waals surface area contributed by atoms with Crippen LogP contribution in [-0.4, -0.2) is 14.6 Å². The van der Waals surface area contributed by atoms with E-state index in [2.05, 4.69) is 10.1 Å². The first-order valence-electron chi connectivity index (χ1n) is 3.31. The third-order valence-electron chi connectivity index (χ3n) is 1.53. The number of fused-ring (bicyclic) bond motifs is 1. The minimum absolute atomic E-state index is 0.241. The van der Waals surface area contributed by atoms with Gasteiger partial charge < -0.3 is 5.73 Å². The average Bonchev–Trinajstić information content (AvgIpc) is 2.49. The van der Waals surface area contributed by atoms with Crippen molar-refractivity contribution in [3.8, 4) is 6.07 Å². The second kappa shape index (κ2) is 2.20. The normalized spacial score (nSPS) is 9.92. The van der Waals surface area contributed by atoms with Crippen LogP contribution in [0.3, 0.4) is 0 Å². The Balaban J connectivity index is 2.84. The van der Waals surface area contributed by atoms with E-state index in [-0.39, 0.29) is 5.82 Å². The molecule has 5 nitrogen and oxygen atoms in total. The lowest BCUT2D eigenvalue weighted by Crippen LogP contribution is -1.99. The predicted molar refractivity (Wildman–Crippen MR) is 42.1 cm³/mol. The zero-order valence-corrected chi connectivity index (χ0v) is 6.10. The Morgan fingerprint density at radius 2 is 2.42 bits per heavy atom. The number of rotatable bonds is 0. The maximum atomic E-state index is 8.60. The van der Waals surface area contributed by atoms with E-state index in [1.165, 1.54) is 4.52 Å². The van der Waals surface area contributed by atoms with Crippen LogP contribution >= 0.6 is 0 Å². The maximum Gasteiger partial charge on any atom is 0.157 e. The van der Waals surface area contributed by atoms with Gasteiger partial charge in [-0.1, -0.05) is 0 Å². The van der Waals surface area contributed by atoms with Crippen LogP contribution in [0.25, 0.3) is 5.65 Å². The summed E-state index contributed by atoms with van der Waals surface area (Å²) < 4.78 is 1.51. The number of nitriles is 1. The molecule has 0 radical (unpaired) electrons. The summed E-state index contributed by atoms with van der Waals surface area (Å²) in [5.41, 5.74) is 6.47. The Labute approximate surface area is 68.1 Å². The summed E-state index contributed by atoms with van der Waals surface area (Å²) in [4.78, 5) is 3.96. The van der Waals surface area contributed by atoms with E-state index in [9.17, 15) is 0 Å². The molecule has 0 aliphatic rings. The molecule has 2 rings (SSSR count). The zero-order valence-electron chi connectivity index (χ0n) is 6.10. The minimum Gasteiger partial charge on any atom is -0.382 e. The first kappa shape index (κ1) is 6.61. The van der Waals surface area contributed by atoms with Gasteiger partial charge in [0, 0.05) is 6.07 Å². The van der Waals surface area contributed by atoms with Crippen molar-refractivity contribution in [1.29, 1.82) is 5.26 Å². The molecule has 2 N–H and O–H groups in total. The Bertz CT molecular complexity index is 464. The standard InChI is InChI=1S/C7H5N5/c8-3-5-4-12-6(1-2-10-12)11-7(5)9/h1-2,4H,(H2,9,11). The molecule has 0 amide bonds. The second-order valence-corrected chi connectivity index (χ2v) is 2.29. The number of aromatic nitrogens is 3. The summed E-state index contributed by atoms with van der Waals surface area (Å²) in [5.74, 6) is 0.241. The van der Waals surface area contributed by atoms with Crippen LogP contribution in [0.2, 0.25) is 0 Å². The van der Waals surface area contributed by atoms with Gasteiger partial charge in [-0.2, -0.15) is 10.4 Å². The summed E-state index contributed by atoms with van der Waals surface area (Å²) in [6.45, 7) is 0. The summed E-state index contributed by atoms with van der Waals surface area (Å²) in [5, 5.41) is 12.5. The topological polar surface area (TPSA) is 80.0 Å². The molecule has 0 spiro atoms. The van der Waals surface area contributed by atoms with Gasteiger partial charge in [-0.05, 0) is 0 Å². The highest BCUT2D eigenvalue weighted by atomic mass is 15.2. The molecule has 2 heterocycles. The van der Waals surface area contributed by atoms with Crippen LogP contribution in [-0.2, 0) is 0 Å². The Kier molecular flexibility index (Phi) is 1.21. The molecule has 0 aromatic carbocycles. The molecule has 58 valence electrons. The van der Waals surface area contributed by atoms with Crippen molar-refractivity contribution in [3.63, 3.8) is 0 Å². The van der Waals surface area contributed by atoms with Gasteiger partial charge in [0.2, 0.25) is 0 Å². The minimum atomic E-state index is 0.241. The number of nitrogens with two attached hydrogens (primary N) is 1. The summed E-state index contributed by atoms with van der Waals surface area (Å²) >= 11 is 0. The molecule has 2 aromatic heterocycles. The molecule has 5 heteroatoms. The predicted octanol–water partition coefficient (Wildman–Crippen LogP) is 0.183. The molecule has 0 unspecified atom stereocenters. The van der Waals surface area contributed by atoms with Crippen molar-refractivity contribution < 1.29 is 0 Å². The molecule has 12 heavy (non-hydrogen) atoms. The molecular formula is C7H5N5. The quantitative estimate of drug-likeness (QED) is 0.594. The van der Waals surface area contributed by atoms with Gasteiger partial charge in [0.05, 0.1) is 12.4 Å². The van der Waals surface area contributed by atoms with Crippen LogP contribution in [0.4, 0.5) is 5.82 Å². The van der Waals surface area contributed by atoms with Crippen LogP contribution in [0.15, 0.2) is 18.5 Å². The summed E-state index contributed by atoms with van der Waals surface area (Å²) in [6.07, 6.45) is 3.15. The highest BCUT2D eigenvalue weighted by Gasteiger charge is 2.02. The van der Waals surface area contributed by atoms with Gasteiger partial charge in [0.1, 0.15) is 17.5 Å². The lowest BCUT2D eigenvalue weighted by atomic mass is 10.3. The van der Waals surface area contributed by atoms with Gasteiger partial charge in [-0.15, -0.1) is 0 Å². The van der Waals surface area contributed by atoms with Gasteiger partial charge in [0.15, 0.2) is 5.65 Å². The first-order valence-corrected chi connectivity index (χ1v) is 3.31. The van der Waals surface area contributed by atoms with Crippen LogP contribution in [0.5, 0.6) is 0 Å². The van der Waals surface area contributed by atoms with Crippen LogP contribution in [0.1, 0.15) is 5.56 Å². The fraction of sp³-hybridized carbons (Fsp3) is 0. The smallest absolute Gasteiger partial charge is 0.157 e. The zero-order chi connectivity index (χ0) is 8.55. The SMILES string of the molecule is N#Cc1cn2nccc2nc1N. The number of nitrogen functional groups attached to an aromatic ring is 1. The van der Waals surface area contributed by atoms with E-state index in [0.29, 0.717) is 11.2 Å². The molecule has 0 saturated heterocycles. The number of anilines is 1. The Morgan fingerprint density at radius 1 is 1.58 bits per heavy atom. The van der Waals surface area contributed by atoms with E-state index in [1.807, 2.05) is 6.07 Å². The van der Waals surface area contributed by atoms with E-state index in [0.717, 1.165) is 0 Å². The summed E-state index contributed by atoms with van der Waals surface area (Å²) in [6, 6.07) is 3.65. The second-order valence-electron chi connectivity index (χ2n) is 2.29. The van der Waals surface area contributed by atoms with Gasteiger partial charge in [-0.25, -0.2) is 9.50 Å². The molecule has 0 aliphatic carbocycles. The highest BCUT2D eigenvalue weighted by Crippen LogP contribution is 2.08. The first-order chi connectivity index (χ1) is 5.81. The van der Waals surface area contributed by atoms with Crippen molar-refractivity contribution >= 4 is 11.5 Å². The Hall–Kier alpha value is -2.09. The molecular weight excluding hydrogens is 154 g/mol. The molecule has 0 atom stereocenters. The third-order valence-corrected chi connectivity index (χ3v) is 1.53. The summed E-state index contributed by atoms with van der Waals surface area (Å²) in [7, 11) is 0. The van der Waals surface area contributed by atoms with Crippen LogP contribution in [0, 0.1) is 11.3 Å². The molecule has 2 aromatic rings. The molecule has 0 fully saturated rings. The number of hydrogen-bond donors (Lipinski definition) is 1. The van der Waals surface area contributed by atoms with Crippen LogP contribution < -0.4 is 5.73 Å². The van der Waals surface area contributed by atoms with Crippen molar-refractivity contribution in [1.82, 2.24) is 14.6 Å². The maximum absolute atomic E-state index is 8.60. The van der Waals surface area contributed by atoms with E-state index < -0.39 is 0 Å². The van der Waals surface area contributed by atoms with Gasteiger partial charge in [-0.3, -0.25) is 0 Å². The van der Waals surface area contributed by atoms with Crippen molar-refractivity contribution in [2.75, 3.05) is 5.73 Å². The van der Waals surface area contributed by atoms with Crippen molar-refractivity contribution in [3.05, 3.63) is 24.0 Å². The lowest BCUT2D eigenvalue weighted by Gasteiger charge is -1.96. The molecule has 0 aliphatic heterocycles. The van der Waals surface area contributed by atoms with E-state index in [4.69, 9.17) is 11.0 Å². The third kappa shape index (κ3) is 0.787. The monoisotopic (exact) mass is 159 g/mol. The van der Waals surface area contributed by atoms with E-state index in [1.54, 1.807) is 18.5 Å². The molecule has 0 saturated carbocycles. The fourth-order valence-corrected chi connectivity index (χ4v) is 0.954. The largest absolute Gasteiger partial charge is 0.382 e. The number of hydrogen-bond acceptors (Lipinski definition) is 4. The van der Waals surface area contributed by atoms with Gasteiger partial charge >= 0.3 is 0 Å². The fourth-order valence-electron chi connectivity index (χ4n) is 0.954. The number of nitrogens with zero attached hydrogens (tertiary/aromatic N) is 4. The Morgan fingerprint density at radius 3 is 3.17 bits per heavy atom. The van der Waals surface area contributed by atoms with Crippen molar-refractivity contribution in [2.24, 2.45) is 0 Å². The average molecular weight is 159 g/mol. The molecule has 0 bridgehead atoms. The highest BCUT2D eigenvalue weighted by molar-refractivity contribution is 5.52. The lowest BCUT2D eigenvalue weighted by molar-refractivity contribution is 0.937. The van der Waals surface area contributed by atoms with Crippen molar-refractivity contribution in [2.45, 2.75) is 0 Å². The van der Waals surface area contributed by atoms with Gasteiger partial charge in [0.25, 0.3) is 0 Å².